The molecule has 0 aliphatic rings. The predicted molar refractivity (Wildman–Crippen MR) is 140 cm³/mol. The molecular formula is C28H34O3SSi. The van der Waals surface area contributed by atoms with Crippen LogP contribution in [-0.4, -0.2) is 30.7 Å². The number of carbonyl (C=O) groups is 1. The lowest BCUT2D eigenvalue weighted by molar-refractivity contribution is -0.116. The number of aryl methyl sites for hydroxylation is 1. The van der Waals surface area contributed by atoms with Gasteiger partial charge >= 0.3 is 0 Å². The summed E-state index contributed by atoms with van der Waals surface area (Å²) in [6.07, 6.45) is 0.990. The van der Waals surface area contributed by atoms with Crippen LogP contribution in [0.3, 0.4) is 0 Å². The number of rotatable bonds is 10. The Bertz CT molecular complexity index is 1020. The quantitative estimate of drug-likeness (QED) is 0.303. The Kier molecular flexibility index (Phi) is 8.57. The molecule has 0 saturated heterocycles. The van der Waals surface area contributed by atoms with Crippen molar-refractivity contribution in [2.45, 2.75) is 50.5 Å². The van der Waals surface area contributed by atoms with Crippen molar-refractivity contribution in [2.75, 3.05) is 12.4 Å². The van der Waals surface area contributed by atoms with Crippen LogP contribution >= 0.6 is 0 Å². The minimum absolute atomic E-state index is 0.0138. The lowest BCUT2D eigenvalue weighted by Gasteiger charge is -2.43. The van der Waals surface area contributed by atoms with Crippen molar-refractivity contribution in [3.05, 3.63) is 90.5 Å². The van der Waals surface area contributed by atoms with E-state index in [-0.39, 0.29) is 16.6 Å². The van der Waals surface area contributed by atoms with Crippen molar-refractivity contribution in [1.82, 2.24) is 0 Å². The van der Waals surface area contributed by atoms with Gasteiger partial charge in [-0.15, -0.1) is 0 Å². The molecule has 0 heterocycles. The van der Waals surface area contributed by atoms with Gasteiger partial charge in [0.2, 0.25) is 0 Å². The SMILES string of the molecule is Cc1ccc(S(=O)CC(=O)CCCO[Si](c2ccccc2)(c2ccccc2)C(C)(C)C)cc1. The molecule has 5 heteroatoms. The second-order valence-corrected chi connectivity index (χ2v) is 15.2. The number of benzene rings is 3. The highest BCUT2D eigenvalue weighted by molar-refractivity contribution is 7.85. The minimum Gasteiger partial charge on any atom is -0.407 e. The third kappa shape index (κ3) is 6.17. The van der Waals surface area contributed by atoms with E-state index >= 15 is 0 Å². The average Bonchev–Trinajstić information content (AvgIpc) is 2.80. The summed E-state index contributed by atoms with van der Waals surface area (Å²) in [5.41, 5.74) is 1.11. The zero-order valence-electron chi connectivity index (χ0n) is 20.0. The lowest BCUT2D eigenvalue weighted by Crippen LogP contribution is -2.66. The Balaban J connectivity index is 1.70. The van der Waals surface area contributed by atoms with E-state index < -0.39 is 19.1 Å². The molecule has 3 aromatic rings. The summed E-state index contributed by atoms with van der Waals surface area (Å²) in [7, 11) is -3.88. The zero-order chi connectivity index (χ0) is 23.9. The maximum absolute atomic E-state index is 12.5. The van der Waals surface area contributed by atoms with Crippen LogP contribution in [0, 0.1) is 6.92 Å². The van der Waals surface area contributed by atoms with Crippen LogP contribution in [0.15, 0.2) is 89.8 Å². The zero-order valence-corrected chi connectivity index (χ0v) is 21.9. The van der Waals surface area contributed by atoms with E-state index in [2.05, 4.69) is 69.3 Å². The van der Waals surface area contributed by atoms with Gasteiger partial charge in [-0.3, -0.25) is 9.00 Å². The number of hydrogen-bond acceptors (Lipinski definition) is 3. The first-order valence-corrected chi connectivity index (χ1v) is 14.7. The monoisotopic (exact) mass is 478 g/mol. The molecule has 0 N–H and O–H groups in total. The maximum Gasteiger partial charge on any atom is 0.261 e. The Labute approximate surface area is 201 Å². The Morgan fingerprint density at radius 1 is 0.848 bits per heavy atom. The van der Waals surface area contributed by atoms with Gasteiger partial charge < -0.3 is 4.43 Å². The summed E-state index contributed by atoms with van der Waals surface area (Å²) in [4.78, 5) is 13.2. The first-order valence-electron chi connectivity index (χ1n) is 11.5. The molecule has 0 saturated carbocycles. The Hall–Kier alpha value is -2.34. The number of carbonyl (C=O) groups excluding carboxylic acids is 1. The predicted octanol–water partition coefficient (Wildman–Crippen LogP) is 5.03. The van der Waals surface area contributed by atoms with Gasteiger partial charge in [0.1, 0.15) is 5.78 Å². The molecule has 0 fully saturated rings. The van der Waals surface area contributed by atoms with Crippen molar-refractivity contribution in [3.8, 4) is 0 Å². The highest BCUT2D eigenvalue weighted by Gasteiger charge is 2.49. The first kappa shape index (κ1) is 25.3. The summed E-state index contributed by atoms with van der Waals surface area (Å²) in [5.74, 6) is 0.0717. The summed E-state index contributed by atoms with van der Waals surface area (Å²) < 4.78 is 19.4. The second kappa shape index (κ2) is 11.2. The fraction of sp³-hybridized carbons (Fsp3) is 0.321. The molecule has 3 nitrogen and oxygen atoms in total. The van der Waals surface area contributed by atoms with E-state index in [4.69, 9.17) is 4.43 Å². The fourth-order valence-corrected chi connectivity index (χ4v) is 9.90. The van der Waals surface area contributed by atoms with Gasteiger partial charge in [-0.25, -0.2) is 0 Å². The van der Waals surface area contributed by atoms with E-state index in [0.29, 0.717) is 24.3 Å². The number of Topliss-reactive ketones (excluding diaryl/α,β-unsaturated/α-hetero) is 1. The van der Waals surface area contributed by atoms with Crippen LogP contribution in [0.4, 0.5) is 0 Å². The smallest absolute Gasteiger partial charge is 0.261 e. The van der Waals surface area contributed by atoms with Gasteiger partial charge in [-0.1, -0.05) is 99.1 Å². The molecule has 0 aliphatic carbocycles. The van der Waals surface area contributed by atoms with Gasteiger partial charge in [0.15, 0.2) is 0 Å². The minimum atomic E-state index is -2.58. The van der Waals surface area contributed by atoms with E-state index in [1.807, 2.05) is 43.3 Å². The van der Waals surface area contributed by atoms with Gasteiger partial charge in [-0.2, -0.15) is 0 Å². The van der Waals surface area contributed by atoms with Crippen LogP contribution in [0.25, 0.3) is 0 Å². The first-order chi connectivity index (χ1) is 15.7. The summed E-state index contributed by atoms with van der Waals surface area (Å²) in [5, 5.41) is 2.37. The largest absolute Gasteiger partial charge is 0.407 e. The van der Waals surface area contributed by atoms with Crippen molar-refractivity contribution >= 4 is 35.3 Å². The maximum atomic E-state index is 12.5. The molecule has 0 aliphatic heterocycles. The molecule has 0 amide bonds. The van der Waals surface area contributed by atoms with Crippen molar-refractivity contribution in [2.24, 2.45) is 0 Å². The molecule has 0 bridgehead atoms. The fourth-order valence-electron chi connectivity index (χ4n) is 4.25. The van der Waals surface area contributed by atoms with Crippen LogP contribution < -0.4 is 10.4 Å². The third-order valence-electron chi connectivity index (χ3n) is 5.91. The highest BCUT2D eigenvalue weighted by Crippen LogP contribution is 2.36. The molecule has 0 spiro atoms. The molecule has 3 aromatic carbocycles. The molecule has 1 atom stereocenters. The van der Waals surface area contributed by atoms with Gasteiger partial charge in [0.25, 0.3) is 8.32 Å². The van der Waals surface area contributed by atoms with E-state index in [9.17, 15) is 9.00 Å². The Morgan fingerprint density at radius 3 is 1.85 bits per heavy atom. The van der Waals surface area contributed by atoms with Gasteiger partial charge in [0.05, 0.1) is 16.6 Å². The van der Waals surface area contributed by atoms with Gasteiger partial charge in [0, 0.05) is 17.9 Å². The second-order valence-electron chi connectivity index (χ2n) is 9.46. The lowest BCUT2D eigenvalue weighted by atomic mass is 10.2. The van der Waals surface area contributed by atoms with Gasteiger partial charge in [-0.05, 0) is 40.9 Å². The average molecular weight is 479 g/mol. The van der Waals surface area contributed by atoms with Crippen LogP contribution in [-0.2, 0) is 20.0 Å². The summed E-state index contributed by atoms with van der Waals surface area (Å²) in [6.45, 7) is 9.22. The normalized spacial score (nSPS) is 13.0. The molecule has 3 rings (SSSR count). The topological polar surface area (TPSA) is 43.4 Å². The molecule has 33 heavy (non-hydrogen) atoms. The van der Waals surface area contributed by atoms with Crippen LogP contribution in [0.1, 0.15) is 39.2 Å². The number of hydrogen-bond donors (Lipinski definition) is 0. The third-order valence-corrected chi connectivity index (χ3v) is 12.3. The van der Waals surface area contributed by atoms with Crippen molar-refractivity contribution in [3.63, 3.8) is 0 Å². The van der Waals surface area contributed by atoms with Crippen LogP contribution in [0.2, 0.25) is 5.04 Å². The van der Waals surface area contributed by atoms with Crippen LogP contribution in [0.5, 0.6) is 0 Å². The summed E-state index contributed by atoms with van der Waals surface area (Å²) in [6, 6.07) is 28.5. The van der Waals surface area contributed by atoms with Crippen molar-refractivity contribution < 1.29 is 13.4 Å². The standard InChI is InChI=1S/C28H34O3SSi/c1-23-17-19-25(20-18-23)32(30)22-24(29)12-11-21-31-33(28(2,3)4,26-13-7-5-8-14-26)27-15-9-6-10-16-27/h5-10,13-20H,11-12,21-22H2,1-4H3. The molecule has 1 unspecified atom stereocenters. The van der Waals surface area contributed by atoms with Crippen molar-refractivity contribution in [1.29, 1.82) is 0 Å². The molecule has 0 radical (unpaired) electrons. The molecular weight excluding hydrogens is 444 g/mol. The molecule has 0 aromatic heterocycles. The van der Waals surface area contributed by atoms with E-state index in [1.54, 1.807) is 0 Å². The van der Waals surface area contributed by atoms with E-state index in [1.165, 1.54) is 10.4 Å². The Morgan fingerprint density at radius 2 is 1.36 bits per heavy atom. The highest BCUT2D eigenvalue weighted by atomic mass is 32.2. The summed E-state index contributed by atoms with van der Waals surface area (Å²) >= 11 is 0. The molecule has 174 valence electrons. The number of ketones is 1. The van der Waals surface area contributed by atoms with E-state index in [0.717, 1.165) is 5.56 Å².